The second-order valence-electron chi connectivity index (χ2n) is 5.39. The molecule has 2 atom stereocenters. The predicted octanol–water partition coefficient (Wildman–Crippen LogP) is 2.60. The molecule has 2 aliphatic rings. The van der Waals surface area contributed by atoms with Crippen LogP contribution in [0, 0.1) is 5.92 Å². The third-order valence-corrected chi connectivity index (χ3v) is 5.43. The van der Waals surface area contributed by atoms with Gasteiger partial charge in [-0.2, -0.15) is 0 Å². The van der Waals surface area contributed by atoms with Gasteiger partial charge in [0.1, 0.15) is 0 Å². The second-order valence-corrected chi connectivity index (χ2v) is 8.28. The van der Waals surface area contributed by atoms with E-state index in [0.29, 0.717) is 6.42 Å². The van der Waals surface area contributed by atoms with Crippen LogP contribution in [-0.4, -0.2) is 38.2 Å². The SMILES string of the molecule is O=S(=O)(Cl)CCCN1CCC[C@H]2CCCC[C@H]21. The molecule has 1 heterocycles. The average molecular weight is 280 g/mol. The summed E-state index contributed by atoms with van der Waals surface area (Å²) in [5.74, 6) is 0.979. The van der Waals surface area contributed by atoms with Gasteiger partial charge in [0.05, 0.1) is 5.75 Å². The average Bonchev–Trinajstić information content (AvgIpc) is 2.28. The number of rotatable bonds is 4. The van der Waals surface area contributed by atoms with E-state index in [1.54, 1.807) is 0 Å². The van der Waals surface area contributed by atoms with Gasteiger partial charge in [-0.3, -0.25) is 0 Å². The molecule has 0 unspecified atom stereocenters. The monoisotopic (exact) mass is 279 g/mol. The van der Waals surface area contributed by atoms with Gasteiger partial charge in [0.15, 0.2) is 0 Å². The lowest BCUT2D eigenvalue weighted by Crippen LogP contribution is -2.47. The van der Waals surface area contributed by atoms with Crippen molar-refractivity contribution in [2.45, 2.75) is 51.0 Å². The molecular weight excluding hydrogens is 258 g/mol. The maximum Gasteiger partial charge on any atom is 0.232 e. The van der Waals surface area contributed by atoms with Crippen LogP contribution in [-0.2, 0) is 9.05 Å². The molecular formula is C12H22ClNO2S. The largest absolute Gasteiger partial charge is 0.300 e. The molecule has 0 radical (unpaired) electrons. The predicted molar refractivity (Wildman–Crippen MR) is 70.8 cm³/mol. The molecule has 1 aliphatic carbocycles. The van der Waals surface area contributed by atoms with Gasteiger partial charge in [0.2, 0.25) is 9.05 Å². The van der Waals surface area contributed by atoms with Crippen molar-refractivity contribution in [1.82, 2.24) is 4.90 Å². The van der Waals surface area contributed by atoms with E-state index in [1.165, 1.54) is 38.5 Å². The van der Waals surface area contributed by atoms with Gasteiger partial charge in [-0.1, -0.05) is 12.8 Å². The van der Waals surface area contributed by atoms with Crippen molar-refractivity contribution in [2.24, 2.45) is 5.92 Å². The number of hydrogen-bond donors (Lipinski definition) is 0. The van der Waals surface area contributed by atoms with E-state index in [2.05, 4.69) is 4.90 Å². The lowest BCUT2D eigenvalue weighted by molar-refractivity contribution is 0.0613. The van der Waals surface area contributed by atoms with E-state index in [1.807, 2.05) is 0 Å². The summed E-state index contributed by atoms with van der Waals surface area (Å²) in [6.45, 7) is 2.04. The Balaban J connectivity index is 1.82. The van der Waals surface area contributed by atoms with Gasteiger partial charge in [0, 0.05) is 16.7 Å². The Labute approximate surface area is 109 Å². The molecule has 100 valence electrons. The minimum Gasteiger partial charge on any atom is -0.300 e. The first-order valence-corrected chi connectivity index (χ1v) is 9.20. The maximum atomic E-state index is 10.9. The fourth-order valence-electron chi connectivity index (χ4n) is 3.45. The van der Waals surface area contributed by atoms with Crippen LogP contribution in [0.15, 0.2) is 0 Å². The van der Waals surface area contributed by atoms with Gasteiger partial charge in [-0.15, -0.1) is 0 Å². The third-order valence-electron chi connectivity index (χ3n) is 4.19. The Bertz CT molecular complexity index is 342. The van der Waals surface area contributed by atoms with Crippen LogP contribution in [0.2, 0.25) is 0 Å². The Morgan fingerprint density at radius 2 is 1.82 bits per heavy atom. The van der Waals surface area contributed by atoms with E-state index in [-0.39, 0.29) is 5.75 Å². The molecule has 17 heavy (non-hydrogen) atoms. The third kappa shape index (κ3) is 4.11. The normalized spacial score (nSPS) is 31.1. The highest BCUT2D eigenvalue weighted by atomic mass is 35.7. The van der Waals surface area contributed by atoms with Crippen LogP contribution >= 0.6 is 10.7 Å². The van der Waals surface area contributed by atoms with Crippen LogP contribution in [0.5, 0.6) is 0 Å². The molecule has 3 nitrogen and oxygen atoms in total. The molecule has 1 aliphatic heterocycles. The number of fused-ring (bicyclic) bond motifs is 1. The van der Waals surface area contributed by atoms with Gasteiger partial charge in [0.25, 0.3) is 0 Å². The van der Waals surface area contributed by atoms with E-state index < -0.39 is 9.05 Å². The summed E-state index contributed by atoms with van der Waals surface area (Å²) in [5, 5.41) is 0. The highest BCUT2D eigenvalue weighted by molar-refractivity contribution is 8.13. The van der Waals surface area contributed by atoms with Crippen LogP contribution in [0.1, 0.15) is 44.9 Å². The second kappa shape index (κ2) is 5.89. The topological polar surface area (TPSA) is 37.4 Å². The number of halogens is 1. The number of likely N-dealkylation sites (tertiary alicyclic amines) is 1. The van der Waals surface area contributed by atoms with Gasteiger partial charge in [-0.25, -0.2) is 8.42 Å². The van der Waals surface area contributed by atoms with Crippen molar-refractivity contribution >= 4 is 19.7 Å². The van der Waals surface area contributed by atoms with Crippen molar-refractivity contribution in [1.29, 1.82) is 0 Å². The maximum absolute atomic E-state index is 10.9. The zero-order valence-corrected chi connectivity index (χ0v) is 11.8. The van der Waals surface area contributed by atoms with Crippen molar-refractivity contribution in [3.8, 4) is 0 Å². The Kier molecular flexibility index (Phi) is 4.72. The fraction of sp³-hybridized carbons (Fsp3) is 1.00. The summed E-state index contributed by atoms with van der Waals surface area (Å²) >= 11 is 0. The first-order valence-electron chi connectivity index (χ1n) is 6.73. The van der Waals surface area contributed by atoms with Crippen molar-refractivity contribution < 1.29 is 8.42 Å². The smallest absolute Gasteiger partial charge is 0.232 e. The Hall–Kier alpha value is 0.200. The quantitative estimate of drug-likeness (QED) is 0.743. The number of hydrogen-bond acceptors (Lipinski definition) is 3. The van der Waals surface area contributed by atoms with E-state index in [0.717, 1.165) is 25.0 Å². The highest BCUT2D eigenvalue weighted by Gasteiger charge is 2.32. The zero-order chi connectivity index (χ0) is 12.3. The summed E-state index contributed by atoms with van der Waals surface area (Å²) in [6.07, 6.45) is 8.71. The molecule has 5 heteroatoms. The van der Waals surface area contributed by atoms with Crippen LogP contribution in [0.25, 0.3) is 0 Å². The molecule has 0 aromatic rings. The van der Waals surface area contributed by atoms with Gasteiger partial charge >= 0.3 is 0 Å². The van der Waals surface area contributed by atoms with E-state index >= 15 is 0 Å². The fourth-order valence-corrected chi connectivity index (χ4v) is 4.25. The van der Waals surface area contributed by atoms with Crippen LogP contribution in [0.4, 0.5) is 0 Å². The van der Waals surface area contributed by atoms with Gasteiger partial charge in [-0.05, 0) is 51.1 Å². The summed E-state index contributed by atoms with van der Waals surface area (Å²) < 4.78 is 21.8. The van der Waals surface area contributed by atoms with Crippen molar-refractivity contribution in [3.05, 3.63) is 0 Å². The molecule has 0 aromatic heterocycles. The van der Waals surface area contributed by atoms with Crippen molar-refractivity contribution in [3.63, 3.8) is 0 Å². The molecule has 1 saturated carbocycles. The minimum absolute atomic E-state index is 0.114. The summed E-state index contributed by atoms with van der Waals surface area (Å²) in [6, 6.07) is 0.718. The molecule has 0 spiro atoms. The molecule has 1 saturated heterocycles. The minimum atomic E-state index is -3.31. The molecule has 0 N–H and O–H groups in total. The first kappa shape index (κ1) is 13.6. The molecule has 2 rings (SSSR count). The zero-order valence-electron chi connectivity index (χ0n) is 10.3. The first-order chi connectivity index (χ1) is 8.06. The lowest BCUT2D eigenvalue weighted by atomic mass is 9.78. The summed E-state index contributed by atoms with van der Waals surface area (Å²) in [4.78, 5) is 2.51. The summed E-state index contributed by atoms with van der Waals surface area (Å²) in [7, 11) is 1.93. The van der Waals surface area contributed by atoms with Gasteiger partial charge < -0.3 is 4.90 Å². The molecule has 0 bridgehead atoms. The number of piperidine rings is 1. The van der Waals surface area contributed by atoms with Crippen molar-refractivity contribution in [2.75, 3.05) is 18.8 Å². The number of nitrogens with zero attached hydrogens (tertiary/aromatic N) is 1. The highest BCUT2D eigenvalue weighted by Crippen LogP contribution is 2.35. The molecule has 2 fully saturated rings. The standard InChI is InChI=1S/C12H22ClNO2S/c13-17(15,16)10-4-9-14-8-3-6-11-5-1-2-7-12(11)14/h11-12H,1-10H2/t11-,12-/m1/s1. The lowest BCUT2D eigenvalue weighted by Gasteiger charge is -2.44. The Morgan fingerprint density at radius 3 is 2.59 bits per heavy atom. The molecule has 0 amide bonds. The van der Waals surface area contributed by atoms with E-state index in [4.69, 9.17) is 10.7 Å². The van der Waals surface area contributed by atoms with E-state index in [9.17, 15) is 8.42 Å². The molecule has 0 aromatic carbocycles. The Morgan fingerprint density at radius 1 is 1.12 bits per heavy atom. The van der Waals surface area contributed by atoms with Crippen LogP contribution < -0.4 is 0 Å². The summed E-state index contributed by atoms with van der Waals surface area (Å²) in [5.41, 5.74) is 0. The van der Waals surface area contributed by atoms with Crippen LogP contribution in [0.3, 0.4) is 0 Å².